The molecule has 0 radical (unpaired) electrons. The molecule has 1 heterocycles. The number of aliphatic hydroxyl groups excluding tert-OH is 1. The molecule has 1 aromatic heterocycles. The third kappa shape index (κ3) is 3.27. The van der Waals surface area contributed by atoms with Gasteiger partial charge in [0.25, 0.3) is 0 Å². The van der Waals surface area contributed by atoms with Crippen LogP contribution >= 0.6 is 15.9 Å². The van der Waals surface area contributed by atoms with E-state index in [2.05, 4.69) is 31.2 Å². The highest BCUT2D eigenvalue weighted by atomic mass is 79.9. The van der Waals surface area contributed by atoms with Crippen LogP contribution in [0.25, 0.3) is 0 Å². The van der Waals surface area contributed by atoms with Crippen LogP contribution in [0.2, 0.25) is 0 Å². The molecular weight excluding hydrogens is 294 g/mol. The van der Waals surface area contributed by atoms with Crippen molar-refractivity contribution >= 4 is 21.9 Å². The summed E-state index contributed by atoms with van der Waals surface area (Å²) in [5.74, 6) is 0.514. The summed E-state index contributed by atoms with van der Waals surface area (Å²) in [5.41, 5.74) is 1.99. The molecule has 94 valence electrons. The Kier molecular flexibility index (Phi) is 4.28. The third-order valence-electron chi connectivity index (χ3n) is 2.52. The number of aryl methyl sites for hydroxylation is 1. The van der Waals surface area contributed by atoms with Crippen LogP contribution in [0.4, 0.5) is 5.95 Å². The van der Waals surface area contributed by atoms with Crippen molar-refractivity contribution in [1.29, 1.82) is 0 Å². The van der Waals surface area contributed by atoms with E-state index in [0.717, 1.165) is 15.6 Å². The van der Waals surface area contributed by atoms with Gasteiger partial charge in [0, 0.05) is 16.9 Å². The molecule has 1 aromatic carbocycles. The monoisotopic (exact) mass is 307 g/mol. The van der Waals surface area contributed by atoms with Gasteiger partial charge in [-0.05, 0) is 30.2 Å². The van der Waals surface area contributed by atoms with E-state index in [9.17, 15) is 5.11 Å². The number of anilines is 1. The van der Waals surface area contributed by atoms with Gasteiger partial charge in [-0.3, -0.25) is 0 Å². The fourth-order valence-electron chi connectivity index (χ4n) is 1.58. The molecule has 0 aliphatic carbocycles. The van der Waals surface area contributed by atoms with E-state index >= 15 is 0 Å². The number of halogens is 1. The zero-order chi connectivity index (χ0) is 13.0. The van der Waals surface area contributed by atoms with Crippen LogP contribution in [0.15, 0.2) is 41.1 Å². The molecule has 18 heavy (non-hydrogen) atoms. The Hall–Kier alpha value is -1.46. The molecule has 0 aliphatic heterocycles. The summed E-state index contributed by atoms with van der Waals surface area (Å²) in [4.78, 5) is 8.34. The van der Waals surface area contributed by atoms with Crippen molar-refractivity contribution in [2.24, 2.45) is 0 Å². The van der Waals surface area contributed by atoms with Gasteiger partial charge in [0.05, 0.1) is 12.6 Å². The second-order valence-corrected chi connectivity index (χ2v) is 4.93. The Morgan fingerprint density at radius 1 is 1.33 bits per heavy atom. The first-order valence-corrected chi connectivity index (χ1v) is 6.40. The molecule has 5 heteroatoms. The normalized spacial score (nSPS) is 12.2. The van der Waals surface area contributed by atoms with E-state index in [1.54, 1.807) is 12.4 Å². The number of aliphatic hydroxyl groups is 1. The minimum Gasteiger partial charge on any atom is -0.394 e. The van der Waals surface area contributed by atoms with Gasteiger partial charge in [-0.15, -0.1) is 0 Å². The van der Waals surface area contributed by atoms with Crippen LogP contribution < -0.4 is 5.32 Å². The zero-order valence-corrected chi connectivity index (χ0v) is 11.6. The largest absolute Gasteiger partial charge is 0.394 e. The quantitative estimate of drug-likeness (QED) is 0.912. The van der Waals surface area contributed by atoms with Crippen LogP contribution in [-0.2, 0) is 0 Å². The second kappa shape index (κ2) is 5.93. The summed E-state index contributed by atoms with van der Waals surface area (Å²) in [6.45, 7) is 1.91. The van der Waals surface area contributed by atoms with Gasteiger partial charge in [0.2, 0.25) is 5.95 Å². The molecule has 1 unspecified atom stereocenters. The van der Waals surface area contributed by atoms with E-state index in [4.69, 9.17) is 0 Å². The predicted octanol–water partition coefficient (Wildman–Crippen LogP) is 2.69. The summed E-state index contributed by atoms with van der Waals surface area (Å²) in [6.07, 6.45) is 3.48. The number of aromatic nitrogens is 2. The Balaban J connectivity index is 2.17. The molecule has 1 atom stereocenters. The van der Waals surface area contributed by atoms with Crippen molar-refractivity contribution < 1.29 is 5.11 Å². The second-order valence-electron chi connectivity index (χ2n) is 4.02. The van der Waals surface area contributed by atoms with Crippen LogP contribution in [-0.4, -0.2) is 21.7 Å². The lowest BCUT2D eigenvalue weighted by Gasteiger charge is -2.16. The molecule has 2 N–H and O–H groups in total. The number of nitrogens with one attached hydrogen (secondary N) is 1. The fourth-order valence-corrected chi connectivity index (χ4v) is 2.00. The lowest BCUT2D eigenvalue weighted by Crippen LogP contribution is -2.16. The van der Waals surface area contributed by atoms with Crippen LogP contribution in [0.1, 0.15) is 17.2 Å². The Bertz CT molecular complexity index is 516. The Morgan fingerprint density at radius 2 is 2.06 bits per heavy atom. The molecule has 0 fully saturated rings. The van der Waals surface area contributed by atoms with Crippen molar-refractivity contribution in [3.8, 4) is 0 Å². The van der Waals surface area contributed by atoms with E-state index in [1.807, 2.05) is 31.2 Å². The van der Waals surface area contributed by atoms with Crippen molar-refractivity contribution in [3.05, 3.63) is 52.3 Å². The van der Waals surface area contributed by atoms with E-state index in [1.165, 1.54) is 0 Å². The SMILES string of the molecule is Cc1cnc(NC(CO)c2cccc(Br)c2)nc1. The van der Waals surface area contributed by atoms with Gasteiger partial charge in [-0.1, -0.05) is 28.1 Å². The zero-order valence-electron chi connectivity index (χ0n) is 9.97. The first-order valence-electron chi connectivity index (χ1n) is 5.60. The minimum absolute atomic E-state index is 0.0201. The van der Waals surface area contributed by atoms with Gasteiger partial charge < -0.3 is 10.4 Å². The van der Waals surface area contributed by atoms with Crippen LogP contribution in [0, 0.1) is 6.92 Å². The van der Waals surface area contributed by atoms with Crippen molar-refractivity contribution in [1.82, 2.24) is 9.97 Å². The molecule has 0 bridgehead atoms. The number of hydrogen-bond donors (Lipinski definition) is 2. The average Bonchev–Trinajstić information content (AvgIpc) is 2.38. The van der Waals surface area contributed by atoms with Gasteiger partial charge in [0.15, 0.2) is 0 Å². The Morgan fingerprint density at radius 3 is 2.67 bits per heavy atom. The van der Waals surface area contributed by atoms with Gasteiger partial charge in [-0.25, -0.2) is 9.97 Å². The predicted molar refractivity (Wildman–Crippen MR) is 74.4 cm³/mol. The standard InChI is InChI=1S/C13H14BrN3O/c1-9-6-15-13(16-7-9)17-12(8-18)10-3-2-4-11(14)5-10/h2-7,12,18H,8H2,1H3,(H,15,16,17). The molecule has 0 saturated carbocycles. The van der Waals surface area contributed by atoms with Crippen LogP contribution in [0.5, 0.6) is 0 Å². The number of hydrogen-bond acceptors (Lipinski definition) is 4. The average molecular weight is 308 g/mol. The lowest BCUT2D eigenvalue weighted by atomic mass is 10.1. The van der Waals surface area contributed by atoms with Crippen molar-refractivity contribution in [2.45, 2.75) is 13.0 Å². The highest BCUT2D eigenvalue weighted by Crippen LogP contribution is 2.20. The number of rotatable bonds is 4. The molecule has 2 aromatic rings. The van der Waals surface area contributed by atoms with E-state index < -0.39 is 0 Å². The summed E-state index contributed by atoms with van der Waals surface area (Å²) in [7, 11) is 0. The molecule has 2 rings (SSSR count). The minimum atomic E-state index is -0.217. The van der Waals surface area contributed by atoms with E-state index in [-0.39, 0.29) is 12.6 Å². The maximum absolute atomic E-state index is 9.45. The van der Waals surface area contributed by atoms with Crippen molar-refractivity contribution in [3.63, 3.8) is 0 Å². The first kappa shape index (κ1) is 13.0. The summed E-state index contributed by atoms with van der Waals surface area (Å²) >= 11 is 3.41. The first-order chi connectivity index (χ1) is 8.69. The highest BCUT2D eigenvalue weighted by Gasteiger charge is 2.11. The molecule has 0 spiro atoms. The number of benzene rings is 1. The molecule has 0 amide bonds. The van der Waals surface area contributed by atoms with Crippen molar-refractivity contribution in [2.75, 3.05) is 11.9 Å². The maximum Gasteiger partial charge on any atom is 0.223 e. The molecule has 4 nitrogen and oxygen atoms in total. The van der Waals surface area contributed by atoms with E-state index in [0.29, 0.717) is 5.95 Å². The smallest absolute Gasteiger partial charge is 0.223 e. The maximum atomic E-state index is 9.45. The topological polar surface area (TPSA) is 58.0 Å². The summed E-state index contributed by atoms with van der Waals surface area (Å²) in [6, 6.07) is 7.57. The number of nitrogens with zero attached hydrogens (tertiary/aromatic N) is 2. The highest BCUT2D eigenvalue weighted by molar-refractivity contribution is 9.10. The summed E-state index contributed by atoms with van der Waals surface area (Å²) in [5, 5.41) is 12.6. The molecule has 0 aliphatic rings. The van der Waals surface area contributed by atoms with Gasteiger partial charge in [-0.2, -0.15) is 0 Å². The molecular formula is C13H14BrN3O. The summed E-state index contributed by atoms with van der Waals surface area (Å²) < 4.78 is 0.977. The third-order valence-corrected chi connectivity index (χ3v) is 3.01. The Labute approximate surface area is 114 Å². The van der Waals surface area contributed by atoms with Gasteiger partial charge >= 0.3 is 0 Å². The lowest BCUT2D eigenvalue weighted by molar-refractivity contribution is 0.276. The molecule has 0 saturated heterocycles. The van der Waals surface area contributed by atoms with Gasteiger partial charge in [0.1, 0.15) is 0 Å². The fraction of sp³-hybridized carbons (Fsp3) is 0.231. The van der Waals surface area contributed by atoms with Crippen LogP contribution in [0.3, 0.4) is 0 Å².